The van der Waals surface area contributed by atoms with Crippen LogP contribution in [0.5, 0.6) is 5.75 Å². The van der Waals surface area contributed by atoms with Gasteiger partial charge in [0.25, 0.3) is 22.5 Å². The quantitative estimate of drug-likeness (QED) is 0.0857. The van der Waals surface area contributed by atoms with E-state index in [1.165, 1.54) is 27.9 Å². The highest BCUT2D eigenvalue weighted by atomic mass is 36.0. The van der Waals surface area contributed by atoms with E-state index >= 15 is 0 Å². The lowest BCUT2D eigenvalue weighted by Gasteiger charge is -2.37. The van der Waals surface area contributed by atoms with E-state index in [4.69, 9.17) is 69.0 Å². The number of rotatable bonds is 7. The van der Waals surface area contributed by atoms with E-state index in [1.807, 2.05) is 102 Å². The van der Waals surface area contributed by atoms with Crippen LogP contribution < -0.4 is 21.3 Å². The molecular weight excluding hydrogens is 1280 g/mol. The van der Waals surface area contributed by atoms with E-state index in [1.54, 1.807) is 15.9 Å². The van der Waals surface area contributed by atoms with Gasteiger partial charge < -0.3 is 34.6 Å². The molecule has 0 saturated carbocycles. The van der Waals surface area contributed by atoms with E-state index in [9.17, 15) is 28.8 Å². The minimum atomic E-state index is -3.22. The molecule has 8 rings (SSSR count). The van der Waals surface area contributed by atoms with Gasteiger partial charge in [-0.1, -0.05) is 102 Å². The number of amides is 2. The minimum absolute atomic E-state index is 0.0219. The van der Waals surface area contributed by atoms with E-state index in [0.29, 0.717) is 71.4 Å². The molecule has 0 atom stereocenters. The van der Waals surface area contributed by atoms with Gasteiger partial charge in [-0.2, -0.15) is 0 Å². The molecule has 0 aromatic carbocycles. The van der Waals surface area contributed by atoms with Crippen LogP contribution in [0.4, 0.5) is 26.7 Å². The second-order valence-corrected chi connectivity index (χ2v) is 31.0. The molecule has 2 saturated heterocycles. The fourth-order valence-corrected chi connectivity index (χ4v) is 9.55. The SMILES string of the molecule is CC(C)(C)OC(=O)N1CCNCC1.O=P(Cl)(Cl)Cl.[C-]#[N+]c1c(N2CCN(C(=O)OC(C)(C)C)CC2)c2cc(Cl)c(Cl)nc2n(-c2c(C(C)C)ncnc2C(C)C)c1=O.[C-]#[N+]c1c(O)c2cc(Cl)c(Cl)nc2n(-c2c(C(C)C)ncnc2C(C)C)c1=O. The zero-order chi connectivity index (χ0) is 64.7. The summed E-state index contributed by atoms with van der Waals surface area (Å²) < 4.78 is 22.9. The van der Waals surface area contributed by atoms with Crippen LogP contribution in [0.1, 0.15) is 143 Å². The molecule has 6 aromatic heterocycles. The summed E-state index contributed by atoms with van der Waals surface area (Å²) in [7, 11) is 0. The first-order chi connectivity index (χ1) is 39.9. The molecule has 0 radical (unpaired) electrons. The van der Waals surface area contributed by atoms with E-state index in [-0.39, 0.29) is 78.1 Å². The highest BCUT2D eigenvalue weighted by Crippen LogP contribution is 2.61. The number of halogens is 7. The fraction of sp³-hybridized carbons (Fsp3) is 0.500. The molecule has 0 unspecified atom stereocenters. The highest BCUT2D eigenvalue weighted by molar-refractivity contribution is 8.24. The number of aromatic nitrogens is 8. The molecule has 2 N–H and O–H groups in total. The summed E-state index contributed by atoms with van der Waals surface area (Å²) in [6, 6.07) is 3.03. The van der Waals surface area contributed by atoms with Crippen LogP contribution in [0.15, 0.2) is 34.4 Å². The molecular formula is C56H68Cl7N14O8P. The van der Waals surface area contributed by atoms with Gasteiger partial charge >= 0.3 is 17.4 Å². The van der Waals surface area contributed by atoms with Crippen molar-refractivity contribution >= 4 is 137 Å². The van der Waals surface area contributed by atoms with Gasteiger partial charge in [-0.3, -0.25) is 23.3 Å². The zero-order valence-corrected chi connectivity index (χ0v) is 56.2. The summed E-state index contributed by atoms with van der Waals surface area (Å²) in [5, 5.41) is 11.4. The first-order valence-electron chi connectivity index (χ1n) is 27.1. The van der Waals surface area contributed by atoms with Crippen LogP contribution in [0.3, 0.4) is 0 Å². The topological polar surface area (TPSA) is 242 Å². The summed E-state index contributed by atoms with van der Waals surface area (Å²) in [4.78, 5) is 90.3. The minimum Gasteiger partial charge on any atom is -0.518 e. The Labute approximate surface area is 533 Å². The third-order valence-electron chi connectivity index (χ3n) is 12.7. The van der Waals surface area contributed by atoms with Gasteiger partial charge in [0.15, 0.2) is 5.65 Å². The molecule has 30 heteroatoms. The summed E-state index contributed by atoms with van der Waals surface area (Å²) in [5.74, 6) is -0.642. The number of hydrogen-bond donors (Lipinski definition) is 2. The standard InChI is InChI=1S/C28H33Cl2N7O3.C19H17Cl2N5O2.C9H18N2O2.Cl3OP/c1-15(2)19-23(20(16(3)4)33-14-32-19)37-25-17(13-18(29)24(30)34-25)22(21(31-8)26(37)38)35-9-11-36(12-10-35)27(39)40-28(5,6)7;1-8(2)12-15(13(9(3)4)24-7-23-12)26-18-10(6-11(20)17(21)25-18)16(27)14(22-5)19(26)28;1-9(2,3)13-8(12)11-6-4-10-5-7-11;1-5(2,3)4/h13-16H,9-12H2,1-7H3;6-9,27H,1-4H3;10H,4-7H2,1-3H3;. The van der Waals surface area contributed by atoms with E-state index in [0.717, 1.165) is 26.2 Å². The Hall–Kier alpha value is -5.78. The number of carbonyl (C=O) groups excluding carboxylic acids is 2. The van der Waals surface area contributed by atoms with Crippen LogP contribution in [0.25, 0.3) is 43.1 Å². The first-order valence-corrected chi connectivity index (χ1v) is 33.0. The molecule has 2 fully saturated rings. The van der Waals surface area contributed by atoms with E-state index in [2.05, 4.69) is 78.6 Å². The number of carbonyl (C=O) groups is 2. The van der Waals surface area contributed by atoms with Crippen molar-refractivity contribution in [1.29, 1.82) is 0 Å². The molecule has 6 aromatic rings. The van der Waals surface area contributed by atoms with Gasteiger partial charge in [-0.25, -0.2) is 49.2 Å². The van der Waals surface area contributed by atoms with Gasteiger partial charge in [0.05, 0.1) is 68.4 Å². The number of ether oxygens (including phenoxy) is 2. The van der Waals surface area contributed by atoms with Crippen molar-refractivity contribution in [2.24, 2.45) is 0 Å². The molecule has 0 spiro atoms. The number of aromatic hydroxyl groups is 1. The predicted molar refractivity (Wildman–Crippen MR) is 342 cm³/mol. The number of nitrogens with zero attached hydrogens (tertiary/aromatic N) is 13. The van der Waals surface area contributed by atoms with Gasteiger partial charge in [-0.05, 0) is 111 Å². The number of anilines is 1. The Kier molecular flexibility index (Phi) is 24.3. The number of hydrogen-bond acceptors (Lipinski definition) is 16. The van der Waals surface area contributed by atoms with Crippen LogP contribution in [-0.4, -0.2) is 130 Å². The Morgan fingerprint density at radius 1 is 0.593 bits per heavy atom. The number of pyridine rings is 4. The second-order valence-electron chi connectivity index (χ2n) is 22.8. The molecule has 2 aliphatic heterocycles. The highest BCUT2D eigenvalue weighted by Gasteiger charge is 2.33. The normalized spacial score (nSPS) is 13.8. The maximum absolute atomic E-state index is 14.2. The number of piperazine rings is 2. The van der Waals surface area contributed by atoms with Crippen molar-refractivity contribution in [2.45, 2.75) is 132 Å². The third-order valence-corrected chi connectivity index (χ3v) is 14.0. The van der Waals surface area contributed by atoms with Crippen molar-refractivity contribution in [1.82, 2.24) is 54.2 Å². The van der Waals surface area contributed by atoms with Gasteiger partial charge in [0, 0.05) is 57.7 Å². The molecule has 2 amide bonds. The average Bonchev–Trinajstić information content (AvgIpc) is 0.797. The van der Waals surface area contributed by atoms with Gasteiger partial charge in [0.2, 0.25) is 0 Å². The largest absolute Gasteiger partial charge is 0.518 e. The predicted octanol–water partition coefficient (Wildman–Crippen LogP) is 15.0. The smallest absolute Gasteiger partial charge is 0.410 e. The van der Waals surface area contributed by atoms with Crippen molar-refractivity contribution in [3.63, 3.8) is 0 Å². The van der Waals surface area contributed by atoms with Crippen LogP contribution in [-0.2, 0) is 14.0 Å². The van der Waals surface area contributed by atoms with Crippen molar-refractivity contribution < 1.29 is 28.7 Å². The maximum atomic E-state index is 14.2. The van der Waals surface area contributed by atoms with E-state index < -0.39 is 39.4 Å². The number of fused-ring (bicyclic) bond motifs is 2. The Morgan fingerprint density at radius 2 is 0.930 bits per heavy atom. The lowest BCUT2D eigenvalue weighted by atomic mass is 10.0. The van der Waals surface area contributed by atoms with Crippen molar-refractivity contribution in [3.05, 3.63) is 111 Å². The number of nitrogens with one attached hydrogen (secondary N) is 1. The molecule has 8 heterocycles. The molecule has 2 aliphatic rings. The van der Waals surface area contributed by atoms with Crippen LogP contribution in [0, 0.1) is 13.1 Å². The Balaban J connectivity index is 0.000000252. The van der Waals surface area contributed by atoms with Gasteiger partial charge in [0.1, 0.15) is 45.6 Å². The second kappa shape index (κ2) is 29.5. The Morgan fingerprint density at radius 3 is 1.28 bits per heavy atom. The maximum Gasteiger partial charge on any atom is 0.410 e. The lowest BCUT2D eigenvalue weighted by Crippen LogP contribution is -2.50. The summed E-state index contributed by atoms with van der Waals surface area (Å²) in [6.07, 6.45) is 2.34. The summed E-state index contributed by atoms with van der Waals surface area (Å²) >= 11 is 38.9. The summed E-state index contributed by atoms with van der Waals surface area (Å²) in [6.45, 7) is 46.9. The summed E-state index contributed by atoms with van der Waals surface area (Å²) in [5.41, 5.74) is 1.49. The van der Waals surface area contributed by atoms with Crippen LogP contribution in [0.2, 0.25) is 20.4 Å². The third kappa shape index (κ3) is 17.7. The van der Waals surface area contributed by atoms with Crippen LogP contribution >= 0.6 is 85.3 Å². The molecule has 464 valence electrons. The molecule has 0 bridgehead atoms. The zero-order valence-electron chi connectivity index (χ0n) is 50.0. The molecule has 0 aliphatic carbocycles. The molecule has 86 heavy (non-hydrogen) atoms. The van der Waals surface area contributed by atoms with Gasteiger partial charge in [-0.15, -0.1) is 0 Å². The fourth-order valence-electron chi connectivity index (χ4n) is 8.98. The lowest BCUT2D eigenvalue weighted by molar-refractivity contribution is 0.0223. The Bertz CT molecular complexity index is 3700. The monoisotopic (exact) mass is 1340 g/mol. The first kappa shape index (κ1) is 71.0. The van der Waals surface area contributed by atoms with Crippen molar-refractivity contribution in [3.8, 4) is 17.1 Å². The molecule has 22 nitrogen and oxygen atoms in total. The van der Waals surface area contributed by atoms with Crippen molar-refractivity contribution in [2.75, 3.05) is 57.3 Å². The average molecular weight is 1340 g/mol.